The molecule has 0 saturated carbocycles. The first-order valence-electron chi connectivity index (χ1n) is 9.89. The molecule has 0 radical (unpaired) electrons. The molecule has 2 fully saturated rings. The molecule has 3 rings (SSSR count). The van der Waals surface area contributed by atoms with Gasteiger partial charge in [-0.25, -0.2) is 0 Å². The summed E-state index contributed by atoms with van der Waals surface area (Å²) in [4.78, 5) is 17.5. The van der Waals surface area contributed by atoms with Crippen LogP contribution in [0.1, 0.15) is 50.6 Å². The highest BCUT2D eigenvalue weighted by Crippen LogP contribution is 2.20. The molecule has 0 aromatic carbocycles. The van der Waals surface area contributed by atoms with Crippen molar-refractivity contribution in [1.82, 2.24) is 19.6 Å². The van der Waals surface area contributed by atoms with Gasteiger partial charge in [-0.05, 0) is 52.2 Å². The largest absolute Gasteiger partial charge is 0.308 e. The van der Waals surface area contributed by atoms with Gasteiger partial charge in [0.1, 0.15) is 0 Å². The minimum absolute atomic E-state index is 0.0564. The Morgan fingerprint density at radius 3 is 2.56 bits per heavy atom. The van der Waals surface area contributed by atoms with E-state index in [-0.39, 0.29) is 5.91 Å². The fourth-order valence-electron chi connectivity index (χ4n) is 4.08. The van der Waals surface area contributed by atoms with Gasteiger partial charge in [0.05, 0.1) is 6.54 Å². The maximum Gasteiger partial charge on any atom is 0.239 e. The van der Waals surface area contributed by atoms with Crippen LogP contribution in [-0.4, -0.2) is 64.3 Å². The van der Waals surface area contributed by atoms with E-state index in [9.17, 15) is 4.79 Å². The summed E-state index contributed by atoms with van der Waals surface area (Å²) in [5.74, 6) is 0.715. The van der Waals surface area contributed by atoms with Gasteiger partial charge in [0.15, 0.2) is 5.82 Å². The van der Waals surface area contributed by atoms with Crippen molar-refractivity contribution in [3.8, 4) is 0 Å². The number of carbonyl (C=O) groups is 1. The molecule has 140 valence electrons. The molecule has 1 aromatic rings. The maximum absolute atomic E-state index is 12.5. The van der Waals surface area contributed by atoms with Gasteiger partial charge in [-0.2, -0.15) is 5.10 Å². The van der Waals surface area contributed by atoms with Crippen molar-refractivity contribution in [2.45, 2.75) is 57.9 Å². The average molecular weight is 348 g/mol. The van der Waals surface area contributed by atoms with Crippen molar-refractivity contribution >= 4 is 11.7 Å². The smallest absolute Gasteiger partial charge is 0.239 e. The average Bonchev–Trinajstić information content (AvgIpc) is 2.78. The number of nitrogens with zero attached hydrogens (tertiary/aromatic N) is 4. The van der Waals surface area contributed by atoms with Crippen LogP contribution in [0.4, 0.5) is 5.82 Å². The highest BCUT2D eigenvalue weighted by molar-refractivity contribution is 5.91. The molecule has 1 N–H and O–H groups in total. The van der Waals surface area contributed by atoms with Gasteiger partial charge in [-0.3, -0.25) is 14.4 Å². The molecule has 25 heavy (non-hydrogen) atoms. The van der Waals surface area contributed by atoms with Crippen LogP contribution in [0.15, 0.2) is 6.07 Å². The van der Waals surface area contributed by atoms with Crippen LogP contribution in [0, 0.1) is 6.92 Å². The zero-order valence-electron chi connectivity index (χ0n) is 15.8. The lowest BCUT2D eigenvalue weighted by Gasteiger charge is -2.38. The third-order valence-electron chi connectivity index (χ3n) is 5.64. The van der Waals surface area contributed by atoms with Crippen molar-refractivity contribution < 1.29 is 4.79 Å². The van der Waals surface area contributed by atoms with Gasteiger partial charge in [0.25, 0.3) is 0 Å². The molecule has 1 unspecified atom stereocenters. The van der Waals surface area contributed by atoms with E-state index in [0.29, 0.717) is 18.4 Å². The van der Waals surface area contributed by atoms with Crippen LogP contribution in [0.2, 0.25) is 0 Å². The first-order valence-corrected chi connectivity index (χ1v) is 9.89. The number of nitrogens with one attached hydrogen (secondary N) is 1. The zero-order valence-corrected chi connectivity index (χ0v) is 15.8. The summed E-state index contributed by atoms with van der Waals surface area (Å²) in [7, 11) is 1.90. The molecule has 2 aliphatic heterocycles. The number of aromatic nitrogens is 2. The lowest BCUT2D eigenvalue weighted by molar-refractivity contribution is -0.118. The Bertz CT molecular complexity index is 543. The molecule has 2 saturated heterocycles. The zero-order chi connectivity index (χ0) is 17.6. The van der Waals surface area contributed by atoms with Crippen molar-refractivity contribution in [2.75, 3.05) is 38.0 Å². The first-order chi connectivity index (χ1) is 12.1. The molecule has 2 aliphatic rings. The molecule has 0 bridgehead atoms. The van der Waals surface area contributed by atoms with Crippen molar-refractivity contribution in [1.29, 1.82) is 0 Å². The predicted molar refractivity (Wildman–Crippen MR) is 101 cm³/mol. The van der Waals surface area contributed by atoms with E-state index in [1.807, 2.05) is 20.0 Å². The molecule has 6 nitrogen and oxygen atoms in total. The summed E-state index contributed by atoms with van der Waals surface area (Å²) in [5, 5.41) is 7.28. The molecule has 0 spiro atoms. The summed E-state index contributed by atoms with van der Waals surface area (Å²) in [6.45, 7) is 7.08. The van der Waals surface area contributed by atoms with Crippen LogP contribution in [0.5, 0.6) is 0 Å². The van der Waals surface area contributed by atoms with E-state index in [0.717, 1.165) is 18.8 Å². The number of rotatable bonds is 5. The fraction of sp³-hybridized carbons (Fsp3) is 0.789. The van der Waals surface area contributed by atoms with Crippen molar-refractivity contribution in [3.63, 3.8) is 0 Å². The van der Waals surface area contributed by atoms with E-state index in [4.69, 9.17) is 0 Å². The highest BCUT2D eigenvalue weighted by Gasteiger charge is 2.26. The summed E-state index contributed by atoms with van der Waals surface area (Å²) in [6, 6.07) is 2.44. The van der Waals surface area contributed by atoms with E-state index >= 15 is 0 Å². The molecular formula is C19H33N5O. The second-order valence-electron chi connectivity index (χ2n) is 7.68. The summed E-state index contributed by atoms with van der Waals surface area (Å²) in [5.41, 5.74) is 1.05. The van der Waals surface area contributed by atoms with Crippen molar-refractivity contribution in [3.05, 3.63) is 11.8 Å². The fourth-order valence-corrected chi connectivity index (χ4v) is 4.08. The lowest BCUT2D eigenvalue weighted by Crippen LogP contribution is -2.49. The van der Waals surface area contributed by atoms with Crippen LogP contribution < -0.4 is 5.32 Å². The lowest BCUT2D eigenvalue weighted by atomic mass is 10.0. The van der Waals surface area contributed by atoms with Crippen LogP contribution in [-0.2, 0) is 11.8 Å². The van der Waals surface area contributed by atoms with Crippen molar-refractivity contribution in [2.24, 2.45) is 7.05 Å². The summed E-state index contributed by atoms with van der Waals surface area (Å²) >= 11 is 0. The monoisotopic (exact) mass is 347 g/mol. The van der Waals surface area contributed by atoms with Gasteiger partial charge in [0, 0.05) is 31.4 Å². The molecule has 0 aliphatic carbocycles. The van der Waals surface area contributed by atoms with Gasteiger partial charge >= 0.3 is 0 Å². The van der Waals surface area contributed by atoms with E-state index in [2.05, 4.69) is 20.2 Å². The van der Waals surface area contributed by atoms with Gasteiger partial charge in [0.2, 0.25) is 5.91 Å². The third-order valence-corrected chi connectivity index (χ3v) is 5.64. The first kappa shape index (κ1) is 18.4. The number of aryl methyl sites for hydroxylation is 2. The Hall–Kier alpha value is -1.40. The topological polar surface area (TPSA) is 53.4 Å². The summed E-state index contributed by atoms with van der Waals surface area (Å²) < 4.78 is 1.79. The number of hydrogen-bond donors (Lipinski definition) is 1. The number of hydrogen-bond acceptors (Lipinski definition) is 4. The Balaban J connectivity index is 1.53. The van der Waals surface area contributed by atoms with Gasteiger partial charge < -0.3 is 10.2 Å². The minimum Gasteiger partial charge on any atom is -0.308 e. The molecule has 1 aromatic heterocycles. The summed E-state index contributed by atoms with van der Waals surface area (Å²) in [6.07, 6.45) is 9.10. The van der Waals surface area contributed by atoms with Crippen LogP contribution in [0.25, 0.3) is 0 Å². The number of amides is 1. The highest BCUT2D eigenvalue weighted by atomic mass is 16.2. The van der Waals surface area contributed by atoms with E-state index < -0.39 is 0 Å². The quantitative estimate of drug-likeness (QED) is 0.889. The standard InChI is InChI=1S/C19H33N5O/c1-16-13-18(21-22(16)2)20-19(25)15-24-12-8-5-9-17(24)14-23-10-6-3-4-7-11-23/h13,17H,3-12,14-15H2,1-2H3,(H,20,21,25). The molecular weight excluding hydrogens is 314 g/mol. The normalized spacial score (nSPS) is 23.4. The number of likely N-dealkylation sites (tertiary alicyclic amines) is 2. The van der Waals surface area contributed by atoms with Crippen LogP contribution >= 0.6 is 0 Å². The second kappa shape index (κ2) is 8.81. The Morgan fingerprint density at radius 1 is 1.16 bits per heavy atom. The Labute approximate surface area is 151 Å². The van der Waals surface area contributed by atoms with Gasteiger partial charge in [-0.15, -0.1) is 0 Å². The van der Waals surface area contributed by atoms with Crippen LogP contribution in [0.3, 0.4) is 0 Å². The van der Waals surface area contributed by atoms with Gasteiger partial charge in [-0.1, -0.05) is 19.3 Å². The number of carbonyl (C=O) groups excluding carboxylic acids is 1. The Morgan fingerprint density at radius 2 is 1.88 bits per heavy atom. The second-order valence-corrected chi connectivity index (χ2v) is 7.68. The Kier molecular flexibility index (Phi) is 6.48. The number of anilines is 1. The van der Waals surface area contributed by atoms with E-state index in [1.54, 1.807) is 4.68 Å². The molecule has 1 amide bonds. The minimum atomic E-state index is 0.0564. The third kappa shape index (κ3) is 5.28. The SMILES string of the molecule is Cc1cc(NC(=O)CN2CCCCC2CN2CCCCCC2)nn1C. The predicted octanol–water partition coefficient (Wildman–Crippen LogP) is 2.40. The molecule has 1 atom stereocenters. The molecule has 3 heterocycles. The van der Waals surface area contributed by atoms with E-state index in [1.165, 1.54) is 58.0 Å². The number of piperidine rings is 1. The maximum atomic E-state index is 12.5. The molecule has 6 heteroatoms.